The summed E-state index contributed by atoms with van der Waals surface area (Å²) >= 11 is 0. The monoisotopic (exact) mass is 319 g/mol. The minimum Gasteiger partial charge on any atom is -0.491 e. The van der Waals surface area contributed by atoms with Crippen LogP contribution in [0.3, 0.4) is 0 Å². The highest BCUT2D eigenvalue weighted by Crippen LogP contribution is 2.22. The average molecular weight is 319 g/mol. The van der Waals surface area contributed by atoms with Crippen LogP contribution in [0.2, 0.25) is 0 Å². The van der Waals surface area contributed by atoms with Gasteiger partial charge in [-0.15, -0.1) is 0 Å². The second-order valence-electron chi connectivity index (χ2n) is 8.39. The molecule has 1 saturated heterocycles. The number of carbonyl (C=O) groups is 1. The molecule has 1 aliphatic heterocycles. The van der Waals surface area contributed by atoms with Gasteiger partial charge in [0.2, 0.25) is 0 Å². The van der Waals surface area contributed by atoms with Gasteiger partial charge < -0.3 is 15.4 Å². The first kappa shape index (κ1) is 17.8. The maximum Gasteiger partial charge on any atom is 0.251 e. The standard InChI is InChI=1S/C19H30N2O2/c1-13(2)23-16-9-7-14(8-10-16)17(22)20-15-11-18(3,4)21-19(5,6)12-15/h7-10,13,15,21H,11-12H2,1-6H3,(H,20,22)/p+1. The molecule has 23 heavy (non-hydrogen) atoms. The molecule has 0 aliphatic carbocycles. The number of piperidine rings is 1. The highest BCUT2D eigenvalue weighted by Gasteiger charge is 2.42. The first-order chi connectivity index (χ1) is 10.6. The number of quaternary nitrogens is 1. The number of ether oxygens (including phenoxy) is 1. The summed E-state index contributed by atoms with van der Waals surface area (Å²) in [7, 11) is 0. The largest absolute Gasteiger partial charge is 0.491 e. The molecular weight excluding hydrogens is 288 g/mol. The number of nitrogens with one attached hydrogen (secondary N) is 1. The van der Waals surface area contributed by atoms with E-state index in [0.29, 0.717) is 5.56 Å². The van der Waals surface area contributed by atoms with Crippen molar-refractivity contribution in [2.45, 2.75) is 77.6 Å². The van der Waals surface area contributed by atoms with Gasteiger partial charge in [0.1, 0.15) is 5.75 Å². The van der Waals surface area contributed by atoms with Gasteiger partial charge in [0.25, 0.3) is 5.91 Å². The third-order valence-corrected chi connectivity index (χ3v) is 4.15. The Balaban J connectivity index is 2.01. The molecule has 4 nitrogen and oxygen atoms in total. The lowest BCUT2D eigenvalue weighted by atomic mass is 9.79. The van der Waals surface area contributed by atoms with Crippen molar-refractivity contribution in [1.82, 2.24) is 5.32 Å². The lowest BCUT2D eigenvalue weighted by molar-refractivity contribution is -0.787. The molecule has 0 atom stereocenters. The number of rotatable bonds is 4. The van der Waals surface area contributed by atoms with Crippen LogP contribution in [0, 0.1) is 0 Å². The summed E-state index contributed by atoms with van der Waals surface area (Å²) < 4.78 is 5.62. The van der Waals surface area contributed by atoms with Gasteiger partial charge in [-0.05, 0) is 65.8 Å². The van der Waals surface area contributed by atoms with Crippen molar-refractivity contribution in [3.8, 4) is 5.75 Å². The van der Waals surface area contributed by atoms with Crippen LogP contribution in [0.25, 0.3) is 0 Å². The van der Waals surface area contributed by atoms with Crippen molar-refractivity contribution in [2.24, 2.45) is 0 Å². The van der Waals surface area contributed by atoms with Crippen LogP contribution in [0.1, 0.15) is 64.7 Å². The van der Waals surface area contributed by atoms with Crippen LogP contribution >= 0.6 is 0 Å². The fourth-order valence-corrected chi connectivity index (χ4v) is 3.85. The van der Waals surface area contributed by atoms with Crippen LogP contribution in [-0.2, 0) is 0 Å². The van der Waals surface area contributed by atoms with E-state index in [2.05, 4.69) is 38.3 Å². The van der Waals surface area contributed by atoms with Crippen LogP contribution in [0.5, 0.6) is 5.75 Å². The Morgan fingerprint density at radius 1 is 1.13 bits per heavy atom. The maximum atomic E-state index is 12.5. The number of benzene rings is 1. The SMILES string of the molecule is CC(C)Oc1ccc(C(=O)NC2CC(C)(C)[NH2+]C(C)(C)C2)cc1. The van der Waals surface area contributed by atoms with Gasteiger partial charge in [-0.3, -0.25) is 4.79 Å². The summed E-state index contributed by atoms with van der Waals surface area (Å²) in [4.78, 5) is 12.5. The molecule has 1 aliphatic rings. The van der Waals surface area contributed by atoms with Crippen LogP contribution in [-0.4, -0.2) is 29.1 Å². The molecule has 0 spiro atoms. The third-order valence-electron chi connectivity index (χ3n) is 4.15. The van der Waals surface area contributed by atoms with Crippen molar-refractivity contribution in [3.63, 3.8) is 0 Å². The van der Waals surface area contributed by atoms with Crippen molar-refractivity contribution >= 4 is 5.91 Å². The lowest BCUT2D eigenvalue weighted by Crippen LogP contribution is -3.06. The summed E-state index contributed by atoms with van der Waals surface area (Å²) in [6, 6.07) is 7.59. The fraction of sp³-hybridized carbons (Fsp3) is 0.632. The van der Waals surface area contributed by atoms with E-state index in [9.17, 15) is 4.79 Å². The van der Waals surface area contributed by atoms with Crippen LogP contribution in [0.4, 0.5) is 0 Å². The molecule has 0 bridgehead atoms. The zero-order valence-corrected chi connectivity index (χ0v) is 15.3. The first-order valence-corrected chi connectivity index (χ1v) is 8.51. The first-order valence-electron chi connectivity index (χ1n) is 8.51. The normalized spacial score (nSPS) is 20.3. The second kappa shape index (κ2) is 6.52. The smallest absolute Gasteiger partial charge is 0.251 e. The zero-order valence-electron chi connectivity index (χ0n) is 15.3. The number of nitrogens with two attached hydrogens (primary N) is 1. The average Bonchev–Trinajstić information content (AvgIpc) is 2.34. The van der Waals surface area contributed by atoms with E-state index in [4.69, 9.17) is 4.74 Å². The van der Waals surface area contributed by atoms with Gasteiger partial charge >= 0.3 is 0 Å². The van der Waals surface area contributed by atoms with E-state index >= 15 is 0 Å². The quantitative estimate of drug-likeness (QED) is 0.896. The van der Waals surface area contributed by atoms with Gasteiger partial charge in [0.15, 0.2) is 0 Å². The minimum atomic E-state index is -0.000373. The van der Waals surface area contributed by atoms with Crippen molar-refractivity contribution in [3.05, 3.63) is 29.8 Å². The number of carbonyl (C=O) groups excluding carboxylic acids is 1. The second-order valence-corrected chi connectivity index (χ2v) is 8.39. The molecule has 128 valence electrons. The van der Waals surface area contributed by atoms with Gasteiger partial charge in [0, 0.05) is 24.4 Å². The highest BCUT2D eigenvalue weighted by molar-refractivity contribution is 5.94. The molecule has 0 saturated carbocycles. The van der Waals surface area contributed by atoms with Gasteiger partial charge in [-0.2, -0.15) is 0 Å². The topological polar surface area (TPSA) is 54.9 Å². The van der Waals surface area contributed by atoms with Crippen LogP contribution < -0.4 is 15.4 Å². The third kappa shape index (κ3) is 5.24. The predicted octanol–water partition coefficient (Wildman–Crippen LogP) is 2.49. The summed E-state index contributed by atoms with van der Waals surface area (Å²) in [6.45, 7) is 12.9. The molecule has 0 aromatic heterocycles. The molecular formula is C19H31N2O2+. The number of hydrogen-bond donors (Lipinski definition) is 2. The van der Waals surface area contributed by atoms with Gasteiger partial charge in [0.05, 0.1) is 17.2 Å². The van der Waals surface area contributed by atoms with E-state index in [1.807, 2.05) is 38.1 Å². The predicted molar refractivity (Wildman–Crippen MR) is 92.8 cm³/mol. The lowest BCUT2D eigenvalue weighted by Gasteiger charge is -2.43. The van der Waals surface area contributed by atoms with E-state index in [-0.39, 0.29) is 29.1 Å². The minimum absolute atomic E-state index is 0.000373. The maximum absolute atomic E-state index is 12.5. The van der Waals surface area contributed by atoms with Gasteiger partial charge in [-0.1, -0.05) is 0 Å². The Kier molecular flexibility index (Phi) is 5.04. The van der Waals surface area contributed by atoms with E-state index in [1.165, 1.54) is 0 Å². The summed E-state index contributed by atoms with van der Waals surface area (Å²) in [6.07, 6.45) is 2.10. The molecule has 2 rings (SSSR count). The fourth-order valence-electron chi connectivity index (χ4n) is 3.85. The molecule has 1 aromatic carbocycles. The Morgan fingerprint density at radius 2 is 1.65 bits per heavy atom. The van der Waals surface area contributed by atoms with Crippen molar-refractivity contribution < 1.29 is 14.8 Å². The van der Waals surface area contributed by atoms with Crippen molar-refractivity contribution in [1.29, 1.82) is 0 Å². The Hall–Kier alpha value is -1.55. The zero-order chi connectivity index (χ0) is 17.3. The number of hydrogen-bond acceptors (Lipinski definition) is 2. The number of amides is 1. The van der Waals surface area contributed by atoms with Crippen molar-refractivity contribution in [2.75, 3.05) is 0 Å². The Morgan fingerprint density at radius 3 is 2.13 bits per heavy atom. The van der Waals surface area contributed by atoms with E-state index in [1.54, 1.807) is 0 Å². The van der Waals surface area contributed by atoms with Crippen LogP contribution in [0.15, 0.2) is 24.3 Å². The summed E-state index contributed by atoms with van der Waals surface area (Å²) in [5.41, 5.74) is 0.981. The Labute approximate surface area is 140 Å². The Bertz CT molecular complexity index is 531. The highest BCUT2D eigenvalue weighted by atomic mass is 16.5. The summed E-state index contributed by atoms with van der Waals surface area (Å²) in [5.74, 6) is 0.797. The molecule has 1 heterocycles. The molecule has 1 fully saturated rings. The molecule has 1 aromatic rings. The molecule has 3 N–H and O–H groups in total. The molecule has 0 radical (unpaired) electrons. The summed E-state index contributed by atoms with van der Waals surface area (Å²) in [5, 5.41) is 5.62. The van der Waals surface area contributed by atoms with E-state index in [0.717, 1.165) is 18.6 Å². The van der Waals surface area contributed by atoms with Gasteiger partial charge in [-0.25, -0.2) is 0 Å². The molecule has 1 amide bonds. The van der Waals surface area contributed by atoms with E-state index < -0.39 is 0 Å². The molecule has 4 heteroatoms. The molecule has 0 unspecified atom stereocenters.